The summed E-state index contributed by atoms with van der Waals surface area (Å²) in [5, 5.41) is 24.0. The SMILES string of the molecule is CCCCCCCCCCCCCCCCCCOCC(O)COc1c2ccccc2c(OCC(O)COCCCCCCCCCCCCCCCCCC)c2cc(S(=O)(=O)O)ccc12. The monoisotopic (exact) mass is 943 g/mol. The van der Waals surface area contributed by atoms with Crippen molar-refractivity contribution in [2.24, 2.45) is 0 Å². The molecule has 3 rings (SSSR count). The van der Waals surface area contributed by atoms with Crippen molar-refractivity contribution in [1.29, 1.82) is 0 Å². The van der Waals surface area contributed by atoms with Crippen LogP contribution in [0.15, 0.2) is 47.4 Å². The average Bonchev–Trinajstić information content (AvgIpc) is 3.31. The maximum Gasteiger partial charge on any atom is 0.294 e. The van der Waals surface area contributed by atoms with Crippen LogP contribution >= 0.6 is 0 Å². The van der Waals surface area contributed by atoms with Crippen molar-refractivity contribution in [3.63, 3.8) is 0 Å². The molecule has 0 heterocycles. The highest BCUT2D eigenvalue weighted by Gasteiger charge is 2.21. The lowest BCUT2D eigenvalue weighted by molar-refractivity contribution is 0.0111. The van der Waals surface area contributed by atoms with Gasteiger partial charge in [-0.05, 0) is 31.0 Å². The highest BCUT2D eigenvalue weighted by Crippen LogP contribution is 2.43. The summed E-state index contributed by atoms with van der Waals surface area (Å²) in [6.07, 6.45) is 40.2. The second kappa shape index (κ2) is 37.4. The smallest absolute Gasteiger partial charge is 0.294 e. The summed E-state index contributed by atoms with van der Waals surface area (Å²) in [7, 11) is -4.52. The van der Waals surface area contributed by atoms with E-state index in [2.05, 4.69) is 13.8 Å². The summed E-state index contributed by atoms with van der Waals surface area (Å²) in [6.45, 7) is 5.85. The molecule has 0 saturated carbocycles. The van der Waals surface area contributed by atoms with Crippen LogP contribution in [0.1, 0.15) is 219 Å². The fraction of sp³-hybridized carbons (Fsp3) is 0.750. The van der Waals surface area contributed by atoms with Gasteiger partial charge in [-0.25, -0.2) is 0 Å². The molecule has 2 unspecified atom stereocenters. The summed E-state index contributed by atoms with van der Waals surface area (Å²) in [5.41, 5.74) is 0. The third-order valence-corrected chi connectivity index (χ3v) is 13.8. The van der Waals surface area contributed by atoms with E-state index in [-0.39, 0.29) is 31.3 Å². The Kier molecular flexibility index (Phi) is 32.8. The summed E-state index contributed by atoms with van der Waals surface area (Å²) in [4.78, 5) is -0.286. The van der Waals surface area contributed by atoms with E-state index in [4.69, 9.17) is 18.9 Å². The Bertz CT molecular complexity index is 1750. The van der Waals surface area contributed by atoms with Crippen molar-refractivity contribution in [2.75, 3.05) is 39.6 Å². The van der Waals surface area contributed by atoms with Crippen LogP contribution in [-0.4, -0.2) is 75.0 Å². The first-order valence-corrected chi connectivity index (χ1v) is 28.4. The lowest BCUT2D eigenvalue weighted by Gasteiger charge is -2.20. The van der Waals surface area contributed by atoms with Gasteiger partial charge in [0.25, 0.3) is 10.1 Å². The van der Waals surface area contributed by atoms with Crippen LogP contribution in [0.5, 0.6) is 11.5 Å². The molecule has 0 aliphatic carbocycles. The van der Waals surface area contributed by atoms with E-state index in [0.717, 1.165) is 25.7 Å². The molecule has 0 bridgehead atoms. The maximum atomic E-state index is 12.2. The second-order valence-electron chi connectivity index (χ2n) is 19.1. The molecule has 0 amide bonds. The molecule has 0 aliphatic rings. The number of aliphatic hydroxyl groups is 2. The van der Waals surface area contributed by atoms with E-state index in [0.29, 0.717) is 46.3 Å². The van der Waals surface area contributed by atoms with Gasteiger partial charge in [-0.3, -0.25) is 4.55 Å². The quantitative estimate of drug-likeness (QED) is 0.0288. The van der Waals surface area contributed by atoms with Crippen molar-refractivity contribution in [3.05, 3.63) is 42.5 Å². The van der Waals surface area contributed by atoms with Crippen molar-refractivity contribution in [3.8, 4) is 11.5 Å². The van der Waals surface area contributed by atoms with Gasteiger partial charge in [-0.1, -0.05) is 231 Å². The maximum absolute atomic E-state index is 12.2. The van der Waals surface area contributed by atoms with Gasteiger partial charge in [-0.2, -0.15) is 8.42 Å². The normalized spacial score (nSPS) is 12.9. The highest BCUT2D eigenvalue weighted by atomic mass is 32.2. The Morgan fingerprint density at radius 3 is 1.05 bits per heavy atom. The molecular formula is C56H94O9S. The van der Waals surface area contributed by atoms with Crippen LogP contribution in [0.2, 0.25) is 0 Å². The first kappa shape index (κ1) is 57.8. The lowest BCUT2D eigenvalue weighted by Crippen LogP contribution is -2.24. The molecule has 3 aromatic rings. The van der Waals surface area contributed by atoms with Gasteiger partial charge in [0.1, 0.15) is 36.9 Å². The van der Waals surface area contributed by atoms with E-state index in [1.807, 2.05) is 24.3 Å². The van der Waals surface area contributed by atoms with Crippen LogP contribution in [0, 0.1) is 0 Å². The average molecular weight is 943 g/mol. The fourth-order valence-corrected chi connectivity index (χ4v) is 9.46. The van der Waals surface area contributed by atoms with Crippen LogP contribution in [0.4, 0.5) is 0 Å². The first-order valence-electron chi connectivity index (χ1n) is 27.0. The van der Waals surface area contributed by atoms with Crippen molar-refractivity contribution in [2.45, 2.75) is 236 Å². The van der Waals surface area contributed by atoms with E-state index in [9.17, 15) is 23.2 Å². The molecule has 66 heavy (non-hydrogen) atoms. The number of aliphatic hydroxyl groups excluding tert-OH is 2. The van der Waals surface area contributed by atoms with Gasteiger partial charge in [0.15, 0.2) is 0 Å². The Labute approximate surface area is 402 Å². The zero-order valence-electron chi connectivity index (χ0n) is 41.8. The third kappa shape index (κ3) is 25.8. The van der Waals surface area contributed by atoms with Gasteiger partial charge in [0.05, 0.1) is 18.1 Å². The van der Waals surface area contributed by atoms with Gasteiger partial charge in [-0.15, -0.1) is 0 Å². The summed E-state index contributed by atoms with van der Waals surface area (Å²) >= 11 is 0. The van der Waals surface area contributed by atoms with Gasteiger partial charge in [0.2, 0.25) is 0 Å². The molecule has 0 radical (unpaired) electrons. The summed E-state index contributed by atoms with van der Waals surface area (Å²) in [6, 6.07) is 11.7. The molecule has 378 valence electrons. The van der Waals surface area contributed by atoms with Gasteiger partial charge < -0.3 is 29.2 Å². The topological polar surface area (TPSA) is 132 Å². The van der Waals surface area contributed by atoms with Crippen molar-refractivity contribution in [1.82, 2.24) is 0 Å². The zero-order chi connectivity index (χ0) is 47.3. The minimum Gasteiger partial charge on any atom is -0.489 e. The van der Waals surface area contributed by atoms with Gasteiger partial charge in [0, 0.05) is 34.8 Å². The van der Waals surface area contributed by atoms with Crippen LogP contribution in [0.3, 0.4) is 0 Å². The van der Waals surface area contributed by atoms with Gasteiger partial charge >= 0.3 is 0 Å². The molecule has 0 fully saturated rings. The molecule has 0 spiro atoms. The molecule has 2 atom stereocenters. The van der Waals surface area contributed by atoms with Crippen molar-refractivity contribution < 1.29 is 42.1 Å². The molecule has 0 aliphatic heterocycles. The molecule has 9 nitrogen and oxygen atoms in total. The van der Waals surface area contributed by atoms with Crippen LogP contribution < -0.4 is 9.47 Å². The number of fused-ring (bicyclic) bond motifs is 2. The second-order valence-corrected chi connectivity index (χ2v) is 20.5. The number of hydrogen-bond acceptors (Lipinski definition) is 8. The molecule has 3 N–H and O–H groups in total. The molecule has 10 heteroatoms. The van der Waals surface area contributed by atoms with E-state index in [1.54, 1.807) is 6.07 Å². The largest absolute Gasteiger partial charge is 0.489 e. The third-order valence-electron chi connectivity index (χ3n) is 12.9. The summed E-state index contributed by atoms with van der Waals surface area (Å²) < 4.78 is 58.6. The minimum atomic E-state index is -4.52. The summed E-state index contributed by atoms with van der Waals surface area (Å²) in [5.74, 6) is 0.812. The highest BCUT2D eigenvalue weighted by molar-refractivity contribution is 7.85. The number of ether oxygens (including phenoxy) is 4. The van der Waals surface area contributed by atoms with Crippen LogP contribution in [0.25, 0.3) is 21.5 Å². The molecular weight excluding hydrogens is 849 g/mol. The Morgan fingerprint density at radius 1 is 0.409 bits per heavy atom. The number of rotatable bonds is 45. The minimum absolute atomic E-state index is 0.0340. The predicted octanol–water partition coefficient (Wildman–Crippen LogP) is 15.3. The number of benzene rings is 3. The molecule has 0 saturated heterocycles. The Balaban J connectivity index is 1.35. The molecule has 0 aromatic heterocycles. The van der Waals surface area contributed by atoms with E-state index >= 15 is 0 Å². The Hall–Kier alpha value is -2.47. The van der Waals surface area contributed by atoms with Crippen LogP contribution in [-0.2, 0) is 19.6 Å². The van der Waals surface area contributed by atoms with E-state index < -0.39 is 22.3 Å². The standard InChI is InChI=1S/C56H94O9S/c1-3-5-7-9-11-13-15-17-19-21-23-25-27-29-31-35-41-62-44-48(57)46-64-55-51-37-33-34-38-52(51)56(54-43-50(66(59,60)61)39-40-53(54)55)65-47-49(58)45-63-42-36-32-30-28-26-24-22-20-18-16-14-12-10-8-6-4-2/h33-34,37-40,43,48-49,57-58H,3-32,35-36,41-42,44-47H2,1-2H3,(H,59,60,61). The van der Waals surface area contributed by atoms with Crippen molar-refractivity contribution >= 4 is 31.7 Å². The number of hydrogen-bond donors (Lipinski definition) is 3. The fourth-order valence-electron chi connectivity index (χ4n) is 8.95. The first-order chi connectivity index (χ1) is 32.3. The Morgan fingerprint density at radius 2 is 0.712 bits per heavy atom. The lowest BCUT2D eigenvalue weighted by atomic mass is 10.0. The zero-order valence-corrected chi connectivity index (χ0v) is 42.6. The predicted molar refractivity (Wildman–Crippen MR) is 275 cm³/mol. The van der Waals surface area contributed by atoms with E-state index in [1.165, 1.54) is 192 Å². The molecule has 3 aromatic carbocycles. The number of unbranched alkanes of at least 4 members (excludes halogenated alkanes) is 30.